The lowest BCUT2D eigenvalue weighted by molar-refractivity contribution is -0.137. The van der Waals surface area contributed by atoms with Gasteiger partial charge in [-0.15, -0.1) is 0 Å². The van der Waals surface area contributed by atoms with Crippen molar-refractivity contribution in [3.63, 3.8) is 0 Å². The summed E-state index contributed by atoms with van der Waals surface area (Å²) in [6.45, 7) is 4.68. The summed E-state index contributed by atoms with van der Waals surface area (Å²) in [5, 5.41) is 20.2. The van der Waals surface area contributed by atoms with Crippen LogP contribution in [-0.2, 0) is 12.7 Å². The highest BCUT2D eigenvalue weighted by molar-refractivity contribution is 5.62. The van der Waals surface area contributed by atoms with E-state index in [1.807, 2.05) is 24.0 Å². The van der Waals surface area contributed by atoms with Crippen LogP contribution in [0.3, 0.4) is 0 Å². The molecule has 31 heavy (non-hydrogen) atoms. The van der Waals surface area contributed by atoms with Crippen molar-refractivity contribution >= 4 is 5.82 Å². The zero-order valence-corrected chi connectivity index (χ0v) is 16.8. The van der Waals surface area contributed by atoms with Gasteiger partial charge in [-0.05, 0) is 31.2 Å². The Morgan fingerprint density at radius 3 is 2.52 bits per heavy atom. The maximum Gasteiger partial charge on any atom is 0.417 e. The summed E-state index contributed by atoms with van der Waals surface area (Å²) >= 11 is 0. The number of piperazine rings is 1. The van der Waals surface area contributed by atoms with Crippen LogP contribution in [0.15, 0.2) is 42.6 Å². The molecule has 7 nitrogen and oxygen atoms in total. The number of hydrogen-bond donors (Lipinski definition) is 1. The molecule has 1 atom stereocenters. The Labute approximate surface area is 177 Å². The second-order valence-corrected chi connectivity index (χ2v) is 7.49. The molecule has 0 unspecified atom stereocenters. The summed E-state index contributed by atoms with van der Waals surface area (Å²) in [5.41, 5.74) is 2.25. The largest absolute Gasteiger partial charge is 0.417 e. The Balaban J connectivity index is 1.42. The van der Waals surface area contributed by atoms with Crippen LogP contribution in [0.1, 0.15) is 23.7 Å². The molecule has 0 amide bonds. The molecular weight excluding hydrogens is 407 g/mol. The molecule has 1 aromatic carbocycles. The smallest absolute Gasteiger partial charge is 0.351 e. The van der Waals surface area contributed by atoms with E-state index in [2.05, 4.69) is 31.4 Å². The first kappa shape index (κ1) is 20.8. The number of H-pyrrole nitrogens is 1. The predicted molar refractivity (Wildman–Crippen MR) is 108 cm³/mol. The second-order valence-electron chi connectivity index (χ2n) is 7.49. The fourth-order valence-corrected chi connectivity index (χ4v) is 3.75. The fourth-order valence-electron chi connectivity index (χ4n) is 3.75. The highest BCUT2D eigenvalue weighted by Gasteiger charge is 2.32. The maximum atomic E-state index is 12.8. The highest BCUT2D eigenvalue weighted by atomic mass is 19.4. The van der Waals surface area contributed by atoms with Crippen LogP contribution in [0.25, 0.3) is 11.3 Å². The molecule has 3 heterocycles. The van der Waals surface area contributed by atoms with Crippen molar-refractivity contribution in [2.45, 2.75) is 25.7 Å². The Kier molecular flexibility index (Phi) is 5.61. The van der Waals surface area contributed by atoms with E-state index >= 15 is 0 Å². The van der Waals surface area contributed by atoms with Crippen LogP contribution >= 0.6 is 0 Å². The Morgan fingerprint density at radius 1 is 1.13 bits per heavy atom. The van der Waals surface area contributed by atoms with Crippen molar-refractivity contribution in [2.24, 2.45) is 0 Å². The minimum Gasteiger partial charge on any atom is -0.351 e. The molecule has 0 aliphatic carbocycles. The maximum absolute atomic E-state index is 12.8. The van der Waals surface area contributed by atoms with Crippen molar-refractivity contribution < 1.29 is 13.2 Å². The number of aromatic amines is 1. The van der Waals surface area contributed by atoms with E-state index in [1.54, 1.807) is 12.1 Å². The van der Waals surface area contributed by atoms with E-state index in [4.69, 9.17) is 5.26 Å². The van der Waals surface area contributed by atoms with Crippen molar-refractivity contribution in [1.82, 2.24) is 25.3 Å². The topological polar surface area (TPSA) is 84.7 Å². The summed E-state index contributed by atoms with van der Waals surface area (Å²) < 4.78 is 38.3. The minimum atomic E-state index is -4.39. The Bertz CT molecular complexity index is 1070. The number of benzene rings is 1. The second kappa shape index (κ2) is 8.35. The summed E-state index contributed by atoms with van der Waals surface area (Å²) in [4.78, 5) is 8.27. The van der Waals surface area contributed by atoms with Gasteiger partial charge in [0.05, 0.1) is 17.2 Å². The third kappa shape index (κ3) is 4.51. The van der Waals surface area contributed by atoms with Crippen LogP contribution in [0.4, 0.5) is 19.0 Å². The number of aromatic nitrogens is 4. The third-order valence-corrected chi connectivity index (χ3v) is 5.36. The van der Waals surface area contributed by atoms with Gasteiger partial charge in [-0.1, -0.05) is 12.1 Å². The highest BCUT2D eigenvalue weighted by Crippen LogP contribution is 2.30. The summed E-state index contributed by atoms with van der Waals surface area (Å²) in [7, 11) is 0. The number of rotatable bonds is 4. The van der Waals surface area contributed by atoms with Gasteiger partial charge in [-0.2, -0.15) is 33.8 Å². The SMILES string of the molecule is C[C@@H]1CN(Cc2n[nH]nc2-c2ccc(C#N)cc2)CCN1c1ccc(C(F)(F)F)cn1. The Hall–Kier alpha value is -3.45. The number of nitriles is 1. The molecular formula is C21H20F3N7. The molecule has 0 spiro atoms. The molecule has 160 valence electrons. The molecule has 2 aromatic heterocycles. The van der Waals surface area contributed by atoms with Crippen molar-refractivity contribution in [1.29, 1.82) is 5.26 Å². The Morgan fingerprint density at radius 2 is 1.90 bits per heavy atom. The standard InChI is InChI=1S/C21H20F3N7/c1-14-12-30(8-9-31(14)19-7-6-17(11-26-19)21(22,23)24)13-18-20(28-29-27-18)16-4-2-15(10-25)3-5-16/h2-7,11,14H,8-9,12-13H2,1H3,(H,27,28,29)/t14-/m1/s1. The van der Waals surface area contributed by atoms with Gasteiger partial charge in [0.2, 0.25) is 0 Å². The molecule has 4 rings (SSSR count). The van der Waals surface area contributed by atoms with Gasteiger partial charge >= 0.3 is 6.18 Å². The van der Waals surface area contributed by atoms with Gasteiger partial charge in [0, 0.05) is 44.0 Å². The van der Waals surface area contributed by atoms with Gasteiger partial charge in [0.15, 0.2) is 0 Å². The normalized spacial score (nSPS) is 17.5. The first-order valence-electron chi connectivity index (χ1n) is 9.77. The molecule has 1 N–H and O–H groups in total. The van der Waals surface area contributed by atoms with E-state index in [9.17, 15) is 13.2 Å². The van der Waals surface area contributed by atoms with Crippen LogP contribution in [0.2, 0.25) is 0 Å². The summed E-state index contributed by atoms with van der Waals surface area (Å²) in [5.74, 6) is 0.542. The minimum absolute atomic E-state index is 0.0725. The van der Waals surface area contributed by atoms with E-state index in [0.717, 1.165) is 29.2 Å². The quantitative estimate of drug-likeness (QED) is 0.686. The van der Waals surface area contributed by atoms with Crippen molar-refractivity contribution in [3.8, 4) is 17.3 Å². The number of hydrogen-bond acceptors (Lipinski definition) is 6. The number of halogens is 3. The monoisotopic (exact) mass is 427 g/mol. The first-order valence-corrected chi connectivity index (χ1v) is 9.77. The zero-order chi connectivity index (χ0) is 22.0. The fraction of sp³-hybridized carbons (Fsp3) is 0.333. The number of nitrogens with zero attached hydrogens (tertiary/aromatic N) is 6. The van der Waals surface area contributed by atoms with E-state index in [-0.39, 0.29) is 6.04 Å². The average molecular weight is 427 g/mol. The van der Waals surface area contributed by atoms with Crippen LogP contribution in [0.5, 0.6) is 0 Å². The molecule has 10 heteroatoms. The van der Waals surface area contributed by atoms with E-state index < -0.39 is 11.7 Å². The lowest BCUT2D eigenvalue weighted by Gasteiger charge is -2.40. The van der Waals surface area contributed by atoms with Crippen molar-refractivity contribution in [3.05, 3.63) is 59.4 Å². The molecule has 1 saturated heterocycles. The summed E-state index contributed by atoms with van der Waals surface area (Å²) in [6.07, 6.45) is -3.51. The van der Waals surface area contributed by atoms with Gasteiger partial charge < -0.3 is 4.90 Å². The van der Waals surface area contributed by atoms with Crippen LogP contribution in [-0.4, -0.2) is 51.0 Å². The van der Waals surface area contributed by atoms with Gasteiger partial charge in [0.1, 0.15) is 17.2 Å². The number of alkyl halides is 3. The molecule has 3 aromatic rings. The van der Waals surface area contributed by atoms with Crippen LogP contribution in [0, 0.1) is 11.3 Å². The molecule has 1 fully saturated rings. The molecule has 1 aliphatic rings. The zero-order valence-electron chi connectivity index (χ0n) is 16.8. The van der Waals surface area contributed by atoms with Gasteiger partial charge in [-0.3, -0.25) is 4.90 Å². The summed E-state index contributed by atoms with van der Waals surface area (Å²) in [6, 6.07) is 11.8. The molecule has 0 saturated carbocycles. The number of anilines is 1. The third-order valence-electron chi connectivity index (χ3n) is 5.36. The van der Waals surface area contributed by atoms with Gasteiger partial charge in [-0.25, -0.2) is 4.98 Å². The lowest BCUT2D eigenvalue weighted by atomic mass is 10.1. The average Bonchev–Trinajstić information content (AvgIpc) is 3.21. The van der Waals surface area contributed by atoms with Gasteiger partial charge in [0.25, 0.3) is 0 Å². The van der Waals surface area contributed by atoms with E-state index in [0.29, 0.717) is 37.6 Å². The van der Waals surface area contributed by atoms with E-state index in [1.165, 1.54) is 6.07 Å². The predicted octanol–water partition coefficient (Wildman–Crippen LogP) is 3.47. The molecule has 0 radical (unpaired) electrons. The molecule has 0 bridgehead atoms. The first-order chi connectivity index (χ1) is 14.8. The lowest BCUT2D eigenvalue weighted by Crippen LogP contribution is -2.52. The van der Waals surface area contributed by atoms with Crippen molar-refractivity contribution in [2.75, 3.05) is 24.5 Å². The van der Waals surface area contributed by atoms with Crippen LogP contribution < -0.4 is 4.90 Å². The number of nitrogens with one attached hydrogen (secondary N) is 1. The number of pyridine rings is 1. The molecule has 1 aliphatic heterocycles.